The van der Waals surface area contributed by atoms with E-state index >= 15 is 0 Å². The van der Waals surface area contributed by atoms with Crippen LogP contribution in [-0.2, 0) is 11.8 Å². The minimum Gasteiger partial charge on any atom is -0.342 e. The lowest BCUT2D eigenvalue weighted by atomic mass is 9.99. The standard InChI is InChI=1S/C25H25ClN6O/c1-16-23(31(3)30-29-16)18-12-13-20-21(15-18)32(25(2,28-20)33-4)24(17-9-6-5-7-10-17)22-19(26)11-8-14-27-22/h5-15,24,28H,1-4H3. The second kappa shape index (κ2) is 8.17. The smallest absolute Gasteiger partial charge is 0.216 e. The molecule has 4 aromatic rings. The number of halogens is 1. The van der Waals surface area contributed by atoms with E-state index in [-0.39, 0.29) is 6.04 Å². The summed E-state index contributed by atoms with van der Waals surface area (Å²) in [6.07, 6.45) is 1.77. The predicted molar refractivity (Wildman–Crippen MR) is 130 cm³/mol. The molecule has 0 bridgehead atoms. The fourth-order valence-electron chi connectivity index (χ4n) is 4.58. The summed E-state index contributed by atoms with van der Waals surface area (Å²) in [7, 11) is 3.60. The van der Waals surface area contributed by atoms with Crippen molar-refractivity contribution in [2.75, 3.05) is 17.3 Å². The fourth-order valence-corrected chi connectivity index (χ4v) is 4.80. The van der Waals surface area contributed by atoms with Gasteiger partial charge in [-0.1, -0.05) is 53.2 Å². The number of aromatic nitrogens is 4. The van der Waals surface area contributed by atoms with Crippen molar-refractivity contribution in [1.29, 1.82) is 0 Å². The van der Waals surface area contributed by atoms with Crippen molar-refractivity contribution in [2.45, 2.75) is 25.7 Å². The van der Waals surface area contributed by atoms with Crippen LogP contribution in [-0.4, -0.2) is 32.9 Å². The van der Waals surface area contributed by atoms with Crippen molar-refractivity contribution in [1.82, 2.24) is 20.0 Å². The first-order chi connectivity index (χ1) is 15.9. The van der Waals surface area contributed by atoms with Gasteiger partial charge in [0, 0.05) is 32.8 Å². The van der Waals surface area contributed by atoms with Crippen molar-refractivity contribution in [2.24, 2.45) is 7.05 Å². The van der Waals surface area contributed by atoms with Gasteiger partial charge >= 0.3 is 0 Å². The van der Waals surface area contributed by atoms with Gasteiger partial charge in [0.05, 0.1) is 33.5 Å². The number of methoxy groups -OCH3 is 1. The molecule has 33 heavy (non-hydrogen) atoms. The van der Waals surface area contributed by atoms with Crippen LogP contribution in [0.15, 0.2) is 66.9 Å². The highest BCUT2D eigenvalue weighted by Crippen LogP contribution is 2.49. The first-order valence-corrected chi connectivity index (χ1v) is 11.1. The minimum absolute atomic E-state index is 0.292. The Labute approximate surface area is 198 Å². The summed E-state index contributed by atoms with van der Waals surface area (Å²) in [6, 6.07) is 19.9. The Morgan fingerprint density at radius 2 is 1.88 bits per heavy atom. The Hall–Kier alpha value is -3.42. The van der Waals surface area contributed by atoms with Crippen LogP contribution in [0.25, 0.3) is 11.3 Å². The van der Waals surface area contributed by atoms with E-state index in [2.05, 4.69) is 50.9 Å². The van der Waals surface area contributed by atoms with Gasteiger partial charge in [-0.25, -0.2) is 4.68 Å². The summed E-state index contributed by atoms with van der Waals surface area (Å²) in [5.41, 5.74) is 6.61. The molecule has 0 spiro atoms. The average Bonchev–Trinajstić information content (AvgIpc) is 3.31. The van der Waals surface area contributed by atoms with Gasteiger partial charge in [0.25, 0.3) is 0 Å². The lowest BCUT2D eigenvalue weighted by Gasteiger charge is -2.41. The summed E-state index contributed by atoms with van der Waals surface area (Å²) >= 11 is 6.69. The predicted octanol–water partition coefficient (Wildman–Crippen LogP) is 5.18. The number of anilines is 2. The van der Waals surface area contributed by atoms with Crippen molar-refractivity contribution < 1.29 is 4.74 Å². The molecular formula is C25H25ClN6O. The van der Waals surface area contributed by atoms with E-state index in [1.807, 2.05) is 51.2 Å². The summed E-state index contributed by atoms with van der Waals surface area (Å²) in [5, 5.41) is 12.5. The number of nitrogens with one attached hydrogen (secondary N) is 1. The normalized spacial score (nSPS) is 18.2. The molecular weight excluding hydrogens is 436 g/mol. The van der Waals surface area contributed by atoms with Crippen LogP contribution in [0.1, 0.15) is 29.9 Å². The molecule has 168 valence electrons. The van der Waals surface area contributed by atoms with Crippen LogP contribution < -0.4 is 10.2 Å². The molecule has 5 rings (SSSR count). The Morgan fingerprint density at radius 3 is 2.55 bits per heavy atom. The quantitative estimate of drug-likeness (QED) is 0.442. The number of aryl methyl sites for hydroxylation is 2. The van der Waals surface area contributed by atoms with E-state index in [4.69, 9.17) is 21.3 Å². The molecule has 8 heteroatoms. The first-order valence-electron chi connectivity index (χ1n) is 10.7. The Morgan fingerprint density at radius 1 is 1.09 bits per heavy atom. The van der Waals surface area contributed by atoms with Crippen LogP contribution in [0.2, 0.25) is 5.02 Å². The van der Waals surface area contributed by atoms with Crippen LogP contribution in [0.3, 0.4) is 0 Å². The molecule has 2 aromatic carbocycles. The Kier molecular flexibility index (Phi) is 5.31. The lowest BCUT2D eigenvalue weighted by molar-refractivity contribution is 0.0283. The third-order valence-electron chi connectivity index (χ3n) is 6.17. The average molecular weight is 461 g/mol. The van der Waals surface area contributed by atoms with Crippen LogP contribution >= 0.6 is 11.6 Å². The van der Waals surface area contributed by atoms with Gasteiger partial charge in [-0.05, 0) is 36.8 Å². The molecule has 0 saturated carbocycles. The van der Waals surface area contributed by atoms with E-state index < -0.39 is 5.85 Å². The third-order valence-corrected chi connectivity index (χ3v) is 6.49. The molecule has 1 aliphatic rings. The van der Waals surface area contributed by atoms with Crippen LogP contribution in [0.4, 0.5) is 11.4 Å². The van der Waals surface area contributed by atoms with Gasteiger partial charge < -0.3 is 15.0 Å². The number of benzene rings is 2. The van der Waals surface area contributed by atoms with Crippen LogP contribution in [0.5, 0.6) is 0 Å². The molecule has 0 radical (unpaired) electrons. The maximum atomic E-state index is 6.69. The largest absolute Gasteiger partial charge is 0.342 e. The summed E-state index contributed by atoms with van der Waals surface area (Å²) in [5.74, 6) is -0.831. The van der Waals surface area contributed by atoms with E-state index in [9.17, 15) is 0 Å². The highest BCUT2D eigenvalue weighted by atomic mass is 35.5. The molecule has 2 unspecified atom stereocenters. The van der Waals surface area contributed by atoms with E-state index in [1.54, 1.807) is 18.0 Å². The number of hydrogen-bond acceptors (Lipinski definition) is 6. The highest BCUT2D eigenvalue weighted by molar-refractivity contribution is 6.31. The monoisotopic (exact) mass is 460 g/mol. The maximum Gasteiger partial charge on any atom is 0.216 e. The van der Waals surface area contributed by atoms with Crippen LogP contribution in [0, 0.1) is 6.92 Å². The summed E-state index contributed by atoms with van der Waals surface area (Å²) < 4.78 is 7.84. The minimum atomic E-state index is -0.831. The van der Waals surface area contributed by atoms with Gasteiger partial charge in [-0.2, -0.15) is 0 Å². The molecule has 0 aliphatic carbocycles. The van der Waals surface area contributed by atoms with Crippen molar-refractivity contribution in [3.05, 3.63) is 88.8 Å². The number of nitrogens with zero attached hydrogens (tertiary/aromatic N) is 5. The Balaban J connectivity index is 1.74. The number of ether oxygens (including phenoxy) is 1. The van der Waals surface area contributed by atoms with E-state index in [0.29, 0.717) is 5.02 Å². The zero-order chi connectivity index (χ0) is 23.2. The third kappa shape index (κ3) is 3.53. The summed E-state index contributed by atoms with van der Waals surface area (Å²) in [4.78, 5) is 6.89. The molecule has 1 N–H and O–H groups in total. The number of pyridine rings is 1. The molecule has 2 aromatic heterocycles. The molecule has 0 saturated heterocycles. The van der Waals surface area contributed by atoms with Crippen molar-refractivity contribution in [3.8, 4) is 11.3 Å². The summed E-state index contributed by atoms with van der Waals surface area (Å²) in [6.45, 7) is 3.97. The first kappa shape index (κ1) is 21.4. The Bertz CT molecular complexity index is 1290. The molecule has 2 atom stereocenters. The molecule has 3 heterocycles. The highest BCUT2D eigenvalue weighted by Gasteiger charge is 2.46. The second-order valence-electron chi connectivity index (χ2n) is 8.24. The lowest BCUT2D eigenvalue weighted by Crippen LogP contribution is -2.52. The van der Waals surface area contributed by atoms with Gasteiger partial charge in [-0.3, -0.25) is 4.98 Å². The molecule has 7 nitrogen and oxygen atoms in total. The van der Waals surface area contributed by atoms with Gasteiger partial charge in [0.15, 0.2) is 0 Å². The zero-order valence-corrected chi connectivity index (χ0v) is 19.7. The number of fused-ring (bicyclic) bond motifs is 1. The maximum absolute atomic E-state index is 6.69. The van der Waals surface area contributed by atoms with E-state index in [0.717, 1.165) is 39.6 Å². The van der Waals surface area contributed by atoms with Crippen molar-refractivity contribution in [3.63, 3.8) is 0 Å². The molecule has 0 amide bonds. The molecule has 0 fully saturated rings. The SMILES string of the molecule is COC1(C)Nc2ccc(-c3c(C)nnn3C)cc2N1C(c1ccccc1)c1ncccc1Cl. The van der Waals surface area contributed by atoms with Crippen molar-refractivity contribution >= 4 is 23.0 Å². The van der Waals surface area contributed by atoms with Gasteiger partial charge in [0.1, 0.15) is 6.04 Å². The number of hydrogen-bond donors (Lipinski definition) is 1. The second-order valence-corrected chi connectivity index (χ2v) is 8.65. The zero-order valence-electron chi connectivity index (χ0n) is 19.0. The van der Waals surface area contributed by atoms with E-state index in [1.165, 1.54) is 0 Å². The topological polar surface area (TPSA) is 68.1 Å². The number of rotatable bonds is 5. The fraction of sp³-hybridized carbons (Fsp3) is 0.240. The van der Waals surface area contributed by atoms with Gasteiger partial charge in [-0.15, -0.1) is 5.10 Å². The molecule has 1 aliphatic heterocycles. The van der Waals surface area contributed by atoms with Gasteiger partial charge in [0.2, 0.25) is 5.85 Å².